The fourth-order valence-electron chi connectivity index (χ4n) is 5.95. The van der Waals surface area contributed by atoms with Crippen molar-refractivity contribution in [3.05, 3.63) is 35.9 Å². The van der Waals surface area contributed by atoms with Crippen LogP contribution in [0.3, 0.4) is 0 Å². The van der Waals surface area contributed by atoms with Crippen molar-refractivity contribution >= 4 is 23.5 Å². The van der Waals surface area contributed by atoms with Crippen LogP contribution in [0.4, 0.5) is 15.0 Å². The molecule has 10 heteroatoms. The minimum absolute atomic E-state index is 0.112. The molecule has 0 spiro atoms. The van der Waals surface area contributed by atoms with Crippen LogP contribution in [0.25, 0.3) is 5.65 Å². The number of rotatable bonds is 6. The highest BCUT2D eigenvalue weighted by molar-refractivity contribution is 5.91. The number of amides is 2. The van der Waals surface area contributed by atoms with E-state index in [9.17, 15) is 14.0 Å². The molecule has 1 saturated carbocycles. The summed E-state index contributed by atoms with van der Waals surface area (Å²) in [5.74, 6) is 0.140. The number of nitrogens with one attached hydrogen (secondary N) is 1. The number of piperidine rings is 1. The van der Waals surface area contributed by atoms with E-state index in [1.807, 2.05) is 15.6 Å². The van der Waals surface area contributed by atoms with Crippen molar-refractivity contribution in [3.8, 4) is 0 Å². The number of fused-ring (bicyclic) bond motifs is 3. The topological polar surface area (TPSA) is 92.1 Å². The average Bonchev–Trinajstić information content (AvgIpc) is 3.51. The molecule has 1 N–H and O–H groups in total. The second-order valence-electron chi connectivity index (χ2n) is 11.1. The molecule has 2 aromatic heterocycles. The number of likely N-dealkylation sites (tertiary alicyclic amines) is 1. The zero-order valence-corrected chi connectivity index (χ0v) is 20.8. The molecular weight excluding hydrogens is 463 g/mol. The summed E-state index contributed by atoms with van der Waals surface area (Å²) in [6.45, 7) is 7.79. The van der Waals surface area contributed by atoms with E-state index in [0.29, 0.717) is 11.8 Å². The molecule has 0 radical (unpaired) electrons. The minimum atomic E-state index is -0.987. The van der Waals surface area contributed by atoms with E-state index < -0.39 is 17.8 Å². The normalized spacial score (nSPS) is 25.8. The van der Waals surface area contributed by atoms with Crippen molar-refractivity contribution in [2.75, 3.05) is 18.4 Å². The Morgan fingerprint density at radius 2 is 1.86 bits per heavy atom. The molecule has 2 aromatic rings. The number of aromatic nitrogens is 3. The largest absolute Gasteiger partial charge is 0.442 e. The number of anilines is 1. The van der Waals surface area contributed by atoms with Gasteiger partial charge in [0.2, 0.25) is 0 Å². The molecule has 3 saturated heterocycles. The van der Waals surface area contributed by atoms with Crippen LogP contribution >= 0.6 is 0 Å². The van der Waals surface area contributed by atoms with Crippen molar-refractivity contribution in [1.29, 1.82) is 0 Å². The molecule has 2 unspecified atom stereocenters. The van der Waals surface area contributed by atoms with Gasteiger partial charge >= 0.3 is 6.09 Å². The molecule has 2 bridgehead atoms. The van der Waals surface area contributed by atoms with Crippen molar-refractivity contribution < 1.29 is 18.7 Å². The van der Waals surface area contributed by atoms with Gasteiger partial charge in [-0.05, 0) is 44.4 Å². The Labute approximate surface area is 209 Å². The van der Waals surface area contributed by atoms with Gasteiger partial charge in [-0.15, -0.1) is 0 Å². The van der Waals surface area contributed by atoms with Gasteiger partial charge in [0.1, 0.15) is 11.9 Å². The van der Waals surface area contributed by atoms with Crippen LogP contribution in [-0.4, -0.2) is 73.7 Å². The molecule has 36 heavy (non-hydrogen) atoms. The van der Waals surface area contributed by atoms with E-state index in [1.165, 1.54) is 17.7 Å². The molecular formula is C26H33FN6O3. The molecule has 4 aliphatic rings. The van der Waals surface area contributed by atoms with E-state index in [4.69, 9.17) is 9.72 Å². The predicted molar refractivity (Wildman–Crippen MR) is 131 cm³/mol. The second-order valence-corrected chi connectivity index (χ2v) is 11.1. The third-order valence-corrected chi connectivity index (χ3v) is 8.07. The van der Waals surface area contributed by atoms with Crippen molar-refractivity contribution in [2.45, 2.75) is 88.4 Å². The van der Waals surface area contributed by atoms with Crippen LogP contribution in [0, 0.1) is 0 Å². The standard InChI is InChI=1S/C26H33FN6O3/c1-14(2)21-11-28-33-23(10-22(16-4-5-16)30-24(21)33)29-17-8-18-6-7-19(9-17)32(18)26(35)36-20-12-31(13-20)25(34)15(3)27/h10-11,14,16-20,29H,3-9,12-13H2,1-2H3. The Bertz CT molecular complexity index is 1200. The van der Waals surface area contributed by atoms with Crippen LogP contribution in [-0.2, 0) is 9.53 Å². The van der Waals surface area contributed by atoms with Crippen molar-refractivity contribution in [1.82, 2.24) is 24.4 Å². The predicted octanol–water partition coefficient (Wildman–Crippen LogP) is 3.97. The minimum Gasteiger partial charge on any atom is -0.442 e. The summed E-state index contributed by atoms with van der Waals surface area (Å²) in [5.41, 5.74) is 3.23. The Hall–Kier alpha value is -3.17. The number of carbonyl (C=O) groups excluding carboxylic acids is 2. The van der Waals surface area contributed by atoms with Gasteiger partial charge in [-0.25, -0.2) is 14.2 Å². The van der Waals surface area contributed by atoms with Crippen LogP contribution < -0.4 is 5.32 Å². The Morgan fingerprint density at radius 3 is 2.47 bits per heavy atom. The number of carbonyl (C=O) groups is 2. The zero-order valence-electron chi connectivity index (χ0n) is 20.8. The van der Waals surface area contributed by atoms with Gasteiger partial charge in [-0.2, -0.15) is 9.61 Å². The van der Waals surface area contributed by atoms with Gasteiger partial charge in [0, 0.05) is 41.4 Å². The molecule has 2 amide bonds. The van der Waals surface area contributed by atoms with E-state index >= 15 is 0 Å². The Morgan fingerprint density at radius 1 is 1.17 bits per heavy atom. The lowest BCUT2D eigenvalue weighted by Gasteiger charge is -2.42. The first-order valence-electron chi connectivity index (χ1n) is 13.1. The number of ether oxygens (including phenoxy) is 1. The lowest BCUT2D eigenvalue weighted by atomic mass is 9.97. The molecule has 6 rings (SSSR count). The van der Waals surface area contributed by atoms with E-state index in [2.05, 4.69) is 36.9 Å². The highest BCUT2D eigenvalue weighted by Gasteiger charge is 2.46. The van der Waals surface area contributed by atoms with Crippen LogP contribution in [0.15, 0.2) is 24.7 Å². The highest BCUT2D eigenvalue weighted by Crippen LogP contribution is 2.41. The fraction of sp³-hybridized carbons (Fsp3) is 0.615. The summed E-state index contributed by atoms with van der Waals surface area (Å²) in [7, 11) is 0. The third kappa shape index (κ3) is 4.10. The summed E-state index contributed by atoms with van der Waals surface area (Å²) in [6, 6.07) is 2.60. The second kappa shape index (κ2) is 8.74. The van der Waals surface area contributed by atoms with Gasteiger partial charge in [-0.3, -0.25) is 4.79 Å². The van der Waals surface area contributed by atoms with Crippen LogP contribution in [0.2, 0.25) is 0 Å². The van der Waals surface area contributed by atoms with Gasteiger partial charge in [0.25, 0.3) is 5.91 Å². The molecule has 9 nitrogen and oxygen atoms in total. The number of nitrogens with zero attached hydrogens (tertiary/aromatic N) is 5. The molecule has 5 heterocycles. The van der Waals surface area contributed by atoms with Crippen molar-refractivity contribution in [3.63, 3.8) is 0 Å². The third-order valence-electron chi connectivity index (χ3n) is 8.07. The molecule has 0 aromatic carbocycles. The Balaban J connectivity index is 1.12. The summed E-state index contributed by atoms with van der Waals surface area (Å²) in [6.07, 6.45) is 7.16. The van der Waals surface area contributed by atoms with Crippen LogP contribution in [0.5, 0.6) is 0 Å². The highest BCUT2D eigenvalue weighted by atomic mass is 19.1. The SMILES string of the molecule is C=C(F)C(=O)N1CC(OC(=O)N2C3CCC2CC(Nc2cc(C4CC4)nc4c(C(C)C)cnn24)C3)C1. The maximum atomic E-state index is 13.0. The van der Waals surface area contributed by atoms with Gasteiger partial charge in [0.05, 0.1) is 19.3 Å². The molecule has 1 aliphatic carbocycles. The maximum absolute atomic E-state index is 13.0. The zero-order chi connectivity index (χ0) is 25.1. The average molecular weight is 497 g/mol. The monoisotopic (exact) mass is 496 g/mol. The summed E-state index contributed by atoms with van der Waals surface area (Å²) >= 11 is 0. The summed E-state index contributed by atoms with van der Waals surface area (Å²) in [5, 5.41) is 8.40. The Kier molecular flexibility index (Phi) is 5.64. The lowest BCUT2D eigenvalue weighted by molar-refractivity contribution is -0.139. The van der Waals surface area contributed by atoms with Gasteiger partial charge in [-0.1, -0.05) is 20.4 Å². The number of hydrogen-bond donors (Lipinski definition) is 1. The quantitative estimate of drug-likeness (QED) is 0.609. The first-order chi connectivity index (χ1) is 17.3. The molecule has 4 fully saturated rings. The molecule has 3 aliphatic heterocycles. The summed E-state index contributed by atoms with van der Waals surface area (Å²) < 4.78 is 20.6. The van der Waals surface area contributed by atoms with Gasteiger partial charge in [0.15, 0.2) is 11.5 Å². The lowest BCUT2D eigenvalue weighted by Crippen LogP contribution is -2.58. The number of halogens is 1. The molecule has 192 valence electrons. The number of hydrogen-bond acceptors (Lipinski definition) is 6. The first kappa shape index (κ1) is 23.2. The van der Waals surface area contributed by atoms with E-state index in [0.717, 1.165) is 48.4 Å². The van der Waals surface area contributed by atoms with Gasteiger partial charge < -0.3 is 19.9 Å². The van der Waals surface area contributed by atoms with Crippen LogP contribution in [0.1, 0.15) is 75.5 Å². The van der Waals surface area contributed by atoms with Crippen molar-refractivity contribution in [2.24, 2.45) is 0 Å². The van der Waals surface area contributed by atoms with E-state index in [-0.39, 0.29) is 37.3 Å². The fourth-order valence-corrected chi connectivity index (χ4v) is 5.95. The first-order valence-corrected chi connectivity index (χ1v) is 13.1. The smallest absolute Gasteiger partial charge is 0.410 e. The van der Waals surface area contributed by atoms with E-state index in [1.54, 1.807) is 0 Å². The molecule has 2 atom stereocenters. The summed E-state index contributed by atoms with van der Waals surface area (Å²) in [4.78, 5) is 32.7. The maximum Gasteiger partial charge on any atom is 0.410 e.